The van der Waals surface area contributed by atoms with E-state index in [0.717, 1.165) is 5.76 Å². The van der Waals surface area contributed by atoms with Gasteiger partial charge in [-0.3, -0.25) is 9.59 Å². The maximum Gasteiger partial charge on any atom is 0.251 e. The fraction of sp³-hybridized carbons (Fsp3) is 0.333. The Labute approximate surface area is 141 Å². The van der Waals surface area contributed by atoms with E-state index >= 15 is 0 Å². The summed E-state index contributed by atoms with van der Waals surface area (Å²) < 4.78 is 5.17. The summed E-state index contributed by atoms with van der Waals surface area (Å²) in [4.78, 5) is 23.9. The number of nitrogens with one attached hydrogen (secondary N) is 3. The third kappa shape index (κ3) is 5.89. The van der Waals surface area contributed by atoms with Crippen molar-refractivity contribution in [1.29, 1.82) is 0 Å². The van der Waals surface area contributed by atoms with E-state index < -0.39 is 0 Å². The number of benzene rings is 1. The van der Waals surface area contributed by atoms with Crippen LogP contribution in [0.15, 0.2) is 47.1 Å². The fourth-order valence-electron chi connectivity index (χ4n) is 2.04. The monoisotopic (exact) mass is 329 g/mol. The number of amides is 2. The number of hydrogen-bond donors (Lipinski definition) is 3. The lowest BCUT2D eigenvalue weighted by molar-refractivity contribution is -0.115. The second kappa shape index (κ2) is 7.79. The van der Waals surface area contributed by atoms with Crippen molar-refractivity contribution in [3.8, 4) is 0 Å². The van der Waals surface area contributed by atoms with Crippen LogP contribution in [0.5, 0.6) is 0 Å². The summed E-state index contributed by atoms with van der Waals surface area (Å²) in [6, 6.07) is 10.4. The molecule has 0 bridgehead atoms. The highest BCUT2D eigenvalue weighted by molar-refractivity contribution is 5.96. The van der Waals surface area contributed by atoms with Gasteiger partial charge in [0.2, 0.25) is 5.91 Å². The Morgan fingerprint density at radius 3 is 2.38 bits per heavy atom. The van der Waals surface area contributed by atoms with Gasteiger partial charge in [0.15, 0.2) is 0 Å². The number of furan rings is 1. The largest absolute Gasteiger partial charge is 0.468 e. The van der Waals surface area contributed by atoms with Crippen LogP contribution in [0.4, 0.5) is 5.69 Å². The first kappa shape index (κ1) is 17.7. The van der Waals surface area contributed by atoms with Crippen molar-refractivity contribution >= 4 is 17.5 Å². The molecule has 1 aromatic carbocycles. The van der Waals surface area contributed by atoms with E-state index in [4.69, 9.17) is 4.42 Å². The Morgan fingerprint density at radius 2 is 1.79 bits per heavy atom. The van der Waals surface area contributed by atoms with Crippen molar-refractivity contribution in [1.82, 2.24) is 10.6 Å². The molecule has 0 saturated heterocycles. The van der Waals surface area contributed by atoms with Gasteiger partial charge in [0.1, 0.15) is 5.76 Å². The Morgan fingerprint density at radius 1 is 1.08 bits per heavy atom. The molecule has 0 radical (unpaired) electrons. The molecule has 0 saturated carbocycles. The zero-order valence-electron chi connectivity index (χ0n) is 14.2. The van der Waals surface area contributed by atoms with Gasteiger partial charge in [-0.15, -0.1) is 0 Å². The van der Waals surface area contributed by atoms with Gasteiger partial charge in [0, 0.05) is 16.8 Å². The molecular formula is C18H23N3O3. The molecule has 1 heterocycles. The van der Waals surface area contributed by atoms with Crippen molar-refractivity contribution in [3.63, 3.8) is 0 Å². The molecule has 0 atom stereocenters. The molecular weight excluding hydrogens is 306 g/mol. The van der Waals surface area contributed by atoms with Crippen LogP contribution in [0.25, 0.3) is 0 Å². The Balaban J connectivity index is 1.80. The van der Waals surface area contributed by atoms with E-state index in [9.17, 15) is 9.59 Å². The smallest absolute Gasteiger partial charge is 0.251 e. The second-order valence-corrected chi connectivity index (χ2v) is 6.51. The molecule has 0 spiro atoms. The SMILES string of the molecule is CC(C)(C)NC(=O)c1ccc(NC(=O)CNCc2ccco2)cc1. The summed E-state index contributed by atoms with van der Waals surface area (Å²) >= 11 is 0. The van der Waals surface area contributed by atoms with Crippen LogP contribution in [-0.2, 0) is 11.3 Å². The van der Waals surface area contributed by atoms with Crippen LogP contribution < -0.4 is 16.0 Å². The van der Waals surface area contributed by atoms with E-state index in [2.05, 4.69) is 16.0 Å². The third-order valence-corrected chi connectivity index (χ3v) is 3.08. The zero-order chi connectivity index (χ0) is 17.6. The predicted molar refractivity (Wildman–Crippen MR) is 92.7 cm³/mol. The maximum absolute atomic E-state index is 12.0. The van der Waals surface area contributed by atoms with Crippen LogP contribution in [0, 0.1) is 0 Å². The van der Waals surface area contributed by atoms with Gasteiger partial charge in [0.05, 0.1) is 19.4 Å². The van der Waals surface area contributed by atoms with Crippen molar-refractivity contribution < 1.29 is 14.0 Å². The number of hydrogen-bond acceptors (Lipinski definition) is 4. The molecule has 0 aliphatic rings. The van der Waals surface area contributed by atoms with Crippen molar-refractivity contribution in [3.05, 3.63) is 54.0 Å². The summed E-state index contributed by atoms with van der Waals surface area (Å²) in [6.45, 7) is 6.44. The molecule has 6 nitrogen and oxygen atoms in total. The van der Waals surface area contributed by atoms with Gasteiger partial charge in [-0.05, 0) is 57.2 Å². The predicted octanol–water partition coefficient (Wildman–Crippen LogP) is 2.54. The Bertz CT molecular complexity index is 671. The number of carbonyl (C=O) groups excluding carboxylic acids is 2. The standard InChI is InChI=1S/C18H23N3O3/c1-18(2,3)21-17(23)13-6-8-14(9-7-13)20-16(22)12-19-11-15-5-4-10-24-15/h4-10,19H,11-12H2,1-3H3,(H,20,22)(H,21,23). The highest BCUT2D eigenvalue weighted by Gasteiger charge is 2.15. The molecule has 2 aromatic rings. The summed E-state index contributed by atoms with van der Waals surface area (Å²) in [7, 11) is 0. The van der Waals surface area contributed by atoms with E-state index in [0.29, 0.717) is 17.8 Å². The Kier molecular flexibility index (Phi) is 5.76. The molecule has 128 valence electrons. The van der Waals surface area contributed by atoms with Gasteiger partial charge in [-0.2, -0.15) is 0 Å². The first-order valence-corrected chi connectivity index (χ1v) is 7.79. The van der Waals surface area contributed by atoms with Crippen LogP contribution in [0.1, 0.15) is 36.9 Å². The van der Waals surface area contributed by atoms with Crippen LogP contribution in [-0.4, -0.2) is 23.9 Å². The summed E-state index contributed by atoms with van der Waals surface area (Å²) in [5.74, 6) is 0.478. The molecule has 24 heavy (non-hydrogen) atoms. The van der Waals surface area contributed by atoms with Gasteiger partial charge in [-0.25, -0.2) is 0 Å². The molecule has 0 aliphatic heterocycles. The van der Waals surface area contributed by atoms with E-state index in [-0.39, 0.29) is 23.9 Å². The van der Waals surface area contributed by atoms with E-state index in [1.54, 1.807) is 36.6 Å². The van der Waals surface area contributed by atoms with E-state index in [1.807, 2.05) is 26.8 Å². The first-order valence-electron chi connectivity index (χ1n) is 7.79. The third-order valence-electron chi connectivity index (χ3n) is 3.08. The summed E-state index contributed by atoms with van der Waals surface area (Å²) in [5, 5.41) is 8.66. The number of rotatable bonds is 6. The summed E-state index contributed by atoms with van der Waals surface area (Å²) in [6.07, 6.45) is 1.59. The molecule has 0 fully saturated rings. The van der Waals surface area contributed by atoms with Gasteiger partial charge in [0.25, 0.3) is 5.91 Å². The maximum atomic E-state index is 12.0. The first-order chi connectivity index (χ1) is 11.3. The number of carbonyl (C=O) groups is 2. The minimum Gasteiger partial charge on any atom is -0.468 e. The zero-order valence-corrected chi connectivity index (χ0v) is 14.2. The fourth-order valence-corrected chi connectivity index (χ4v) is 2.04. The van der Waals surface area contributed by atoms with Crippen molar-refractivity contribution in [2.24, 2.45) is 0 Å². The molecule has 6 heteroatoms. The molecule has 2 rings (SSSR count). The highest BCUT2D eigenvalue weighted by atomic mass is 16.3. The van der Waals surface area contributed by atoms with Crippen molar-refractivity contribution in [2.75, 3.05) is 11.9 Å². The summed E-state index contributed by atoms with van der Waals surface area (Å²) in [5.41, 5.74) is 0.912. The molecule has 1 aromatic heterocycles. The number of anilines is 1. The molecule has 0 unspecified atom stereocenters. The lowest BCUT2D eigenvalue weighted by Gasteiger charge is -2.20. The molecule has 0 aliphatic carbocycles. The minimum atomic E-state index is -0.288. The minimum absolute atomic E-state index is 0.138. The molecule has 2 amide bonds. The van der Waals surface area contributed by atoms with Crippen molar-refractivity contribution in [2.45, 2.75) is 32.9 Å². The molecule has 3 N–H and O–H groups in total. The van der Waals surface area contributed by atoms with Crippen LogP contribution >= 0.6 is 0 Å². The topological polar surface area (TPSA) is 83.4 Å². The lowest BCUT2D eigenvalue weighted by atomic mass is 10.1. The highest BCUT2D eigenvalue weighted by Crippen LogP contribution is 2.11. The van der Waals surface area contributed by atoms with Gasteiger partial charge >= 0.3 is 0 Å². The van der Waals surface area contributed by atoms with Gasteiger partial charge < -0.3 is 20.4 Å². The van der Waals surface area contributed by atoms with E-state index in [1.165, 1.54) is 0 Å². The Hall–Kier alpha value is -2.60. The second-order valence-electron chi connectivity index (χ2n) is 6.51. The van der Waals surface area contributed by atoms with Crippen LogP contribution in [0.3, 0.4) is 0 Å². The van der Waals surface area contributed by atoms with Gasteiger partial charge in [-0.1, -0.05) is 0 Å². The normalized spacial score (nSPS) is 11.1. The lowest BCUT2D eigenvalue weighted by Crippen LogP contribution is -2.40. The average Bonchev–Trinajstić information content (AvgIpc) is 2.99. The van der Waals surface area contributed by atoms with Crippen LogP contribution in [0.2, 0.25) is 0 Å². The quantitative estimate of drug-likeness (QED) is 0.760. The average molecular weight is 329 g/mol.